The molecule has 2 N–H and O–H groups in total. The first-order valence-corrected chi connectivity index (χ1v) is 11.8. The molecule has 32 heavy (non-hydrogen) atoms. The highest BCUT2D eigenvalue weighted by Crippen LogP contribution is 2.25. The first-order valence-electron chi connectivity index (χ1n) is 10.3. The molecule has 1 unspecified atom stereocenters. The Labute approximate surface area is 188 Å². The average Bonchev–Trinajstić information content (AvgIpc) is 3.17. The van der Waals surface area contributed by atoms with Gasteiger partial charge in [-0.05, 0) is 51.5 Å². The van der Waals surface area contributed by atoms with Crippen LogP contribution >= 0.6 is 0 Å². The lowest BCUT2D eigenvalue weighted by Crippen LogP contribution is -2.41. The lowest BCUT2D eigenvalue weighted by atomic mass is 10.1. The maximum atomic E-state index is 12.8. The molecule has 8 nitrogen and oxygen atoms in total. The van der Waals surface area contributed by atoms with Crippen molar-refractivity contribution in [3.8, 4) is 0 Å². The Morgan fingerprint density at radius 1 is 1.06 bits per heavy atom. The second kappa shape index (κ2) is 9.22. The highest BCUT2D eigenvalue weighted by atomic mass is 32.2. The van der Waals surface area contributed by atoms with Crippen LogP contribution in [0.1, 0.15) is 39.7 Å². The van der Waals surface area contributed by atoms with Crippen LogP contribution in [-0.4, -0.2) is 37.4 Å². The van der Waals surface area contributed by atoms with E-state index in [4.69, 9.17) is 0 Å². The van der Waals surface area contributed by atoms with E-state index in [-0.39, 0.29) is 29.4 Å². The lowest BCUT2D eigenvalue weighted by Gasteiger charge is -2.21. The van der Waals surface area contributed by atoms with Crippen molar-refractivity contribution >= 4 is 33.1 Å². The zero-order chi connectivity index (χ0) is 23.5. The molecule has 0 aromatic heterocycles. The topological polar surface area (TPSA) is 108 Å². The second-order valence-electron chi connectivity index (χ2n) is 8.70. The third-order valence-corrected chi connectivity index (χ3v) is 6.66. The quantitative estimate of drug-likeness (QED) is 0.666. The van der Waals surface area contributed by atoms with Crippen LogP contribution in [0.5, 0.6) is 0 Å². The van der Waals surface area contributed by atoms with Gasteiger partial charge < -0.3 is 5.32 Å². The molecule has 3 rings (SSSR count). The van der Waals surface area contributed by atoms with Gasteiger partial charge in [-0.2, -0.15) is 5.10 Å². The Kier molecular flexibility index (Phi) is 6.80. The van der Waals surface area contributed by atoms with Gasteiger partial charge in [0.05, 0.1) is 10.6 Å². The van der Waals surface area contributed by atoms with Crippen LogP contribution in [0.4, 0.5) is 5.69 Å². The molecule has 2 aromatic rings. The van der Waals surface area contributed by atoms with E-state index in [1.807, 2.05) is 30.3 Å². The molecule has 0 bridgehead atoms. The molecule has 0 fully saturated rings. The molecule has 0 saturated heterocycles. The van der Waals surface area contributed by atoms with Crippen molar-refractivity contribution < 1.29 is 18.0 Å². The van der Waals surface area contributed by atoms with Gasteiger partial charge in [0, 0.05) is 18.5 Å². The van der Waals surface area contributed by atoms with Crippen LogP contribution < -0.4 is 15.0 Å². The molecule has 1 heterocycles. The fraction of sp³-hybridized carbons (Fsp3) is 0.348. The molecule has 0 aliphatic carbocycles. The summed E-state index contributed by atoms with van der Waals surface area (Å²) in [5.41, 5.74) is 0.762. The number of ketones is 1. The van der Waals surface area contributed by atoms with E-state index in [2.05, 4.69) is 15.1 Å². The monoisotopic (exact) mass is 456 g/mol. The van der Waals surface area contributed by atoms with E-state index >= 15 is 0 Å². The van der Waals surface area contributed by atoms with Crippen molar-refractivity contribution in [3.05, 3.63) is 60.2 Å². The van der Waals surface area contributed by atoms with E-state index in [0.717, 1.165) is 5.69 Å². The molecule has 0 saturated carbocycles. The number of Topliss-reactive ketones (excluding diaryl/α,β-unsaturated/α-hetero) is 1. The molecule has 170 valence electrons. The number of rotatable bonds is 7. The van der Waals surface area contributed by atoms with Crippen LogP contribution in [0, 0.1) is 0 Å². The highest BCUT2D eigenvalue weighted by Gasteiger charge is 2.34. The van der Waals surface area contributed by atoms with Crippen molar-refractivity contribution in [1.82, 2.24) is 10.0 Å². The predicted molar refractivity (Wildman–Crippen MR) is 124 cm³/mol. The SMILES string of the molecule is CC(=O)C1CC(C(=O)NCc2ccccc2S(=O)(=O)NC(C)(C)C)=NN1c1ccccc1. The zero-order valence-corrected chi connectivity index (χ0v) is 19.4. The minimum atomic E-state index is -3.76. The summed E-state index contributed by atoms with van der Waals surface area (Å²) >= 11 is 0. The van der Waals surface area contributed by atoms with E-state index in [9.17, 15) is 18.0 Å². The van der Waals surface area contributed by atoms with Crippen LogP contribution in [0.3, 0.4) is 0 Å². The van der Waals surface area contributed by atoms with E-state index in [1.54, 1.807) is 44.0 Å². The highest BCUT2D eigenvalue weighted by molar-refractivity contribution is 7.89. The van der Waals surface area contributed by atoms with Gasteiger partial charge in [-0.1, -0.05) is 36.4 Å². The minimum Gasteiger partial charge on any atom is -0.347 e. The van der Waals surface area contributed by atoms with Crippen LogP contribution in [0.25, 0.3) is 0 Å². The Morgan fingerprint density at radius 3 is 2.31 bits per heavy atom. The molecule has 1 atom stereocenters. The van der Waals surface area contributed by atoms with Gasteiger partial charge in [-0.3, -0.25) is 14.6 Å². The van der Waals surface area contributed by atoms with E-state index in [0.29, 0.717) is 5.56 Å². The fourth-order valence-electron chi connectivity index (χ4n) is 3.43. The first kappa shape index (κ1) is 23.6. The maximum Gasteiger partial charge on any atom is 0.267 e. The summed E-state index contributed by atoms with van der Waals surface area (Å²) < 4.78 is 28.2. The zero-order valence-electron chi connectivity index (χ0n) is 18.6. The smallest absolute Gasteiger partial charge is 0.267 e. The largest absolute Gasteiger partial charge is 0.347 e. The van der Waals surface area contributed by atoms with Crippen molar-refractivity contribution in [2.75, 3.05) is 5.01 Å². The number of hydrogen-bond acceptors (Lipinski definition) is 6. The number of carbonyl (C=O) groups excluding carboxylic acids is 2. The maximum absolute atomic E-state index is 12.8. The third kappa shape index (κ3) is 5.60. The molecule has 0 spiro atoms. The number of benzene rings is 2. The summed E-state index contributed by atoms with van der Waals surface area (Å²) in [6.07, 6.45) is 0.182. The average molecular weight is 457 g/mol. The van der Waals surface area contributed by atoms with Gasteiger partial charge in [0.25, 0.3) is 5.91 Å². The van der Waals surface area contributed by atoms with Crippen molar-refractivity contribution in [3.63, 3.8) is 0 Å². The van der Waals surface area contributed by atoms with Gasteiger partial charge in [0.1, 0.15) is 11.8 Å². The molecule has 2 aromatic carbocycles. The Balaban J connectivity index is 1.78. The normalized spacial score (nSPS) is 16.6. The number of amides is 1. The predicted octanol–water partition coefficient (Wildman–Crippen LogP) is 2.60. The van der Waals surface area contributed by atoms with E-state index in [1.165, 1.54) is 13.0 Å². The minimum absolute atomic E-state index is 0.00908. The molecule has 1 aliphatic heterocycles. The first-order chi connectivity index (χ1) is 15.0. The summed E-state index contributed by atoms with van der Waals surface area (Å²) in [5.74, 6) is -0.532. The number of anilines is 1. The van der Waals surface area contributed by atoms with Crippen molar-refractivity contribution in [2.24, 2.45) is 5.10 Å². The number of nitrogens with zero attached hydrogens (tertiary/aromatic N) is 2. The Hall–Kier alpha value is -3.04. The van der Waals surface area contributed by atoms with Crippen LogP contribution in [0.15, 0.2) is 64.6 Å². The summed E-state index contributed by atoms with van der Waals surface area (Å²) in [6, 6.07) is 15.1. The number of sulfonamides is 1. The van der Waals surface area contributed by atoms with E-state index < -0.39 is 27.5 Å². The molecule has 9 heteroatoms. The third-order valence-electron chi connectivity index (χ3n) is 4.80. The molecule has 0 radical (unpaired) electrons. The number of nitrogens with one attached hydrogen (secondary N) is 2. The van der Waals surface area contributed by atoms with Crippen molar-refractivity contribution in [1.29, 1.82) is 0 Å². The van der Waals surface area contributed by atoms with Gasteiger partial charge >= 0.3 is 0 Å². The number of hydrogen-bond donors (Lipinski definition) is 2. The Morgan fingerprint density at radius 2 is 1.69 bits per heavy atom. The summed E-state index contributed by atoms with van der Waals surface area (Å²) in [6.45, 7) is 6.76. The van der Waals surface area contributed by atoms with Gasteiger partial charge in [0.15, 0.2) is 5.78 Å². The van der Waals surface area contributed by atoms with Gasteiger partial charge in [-0.15, -0.1) is 0 Å². The number of para-hydroxylation sites is 1. The van der Waals surface area contributed by atoms with Gasteiger partial charge in [-0.25, -0.2) is 13.1 Å². The summed E-state index contributed by atoms with van der Waals surface area (Å²) in [7, 11) is -3.76. The lowest BCUT2D eigenvalue weighted by molar-refractivity contribution is -0.118. The molecule has 1 aliphatic rings. The molecular weight excluding hydrogens is 428 g/mol. The summed E-state index contributed by atoms with van der Waals surface area (Å²) in [5, 5.41) is 8.69. The number of hydrazone groups is 1. The standard InChI is InChI=1S/C23H28N4O4S/c1-16(28)20-14-19(25-27(20)18-11-6-5-7-12-18)22(29)24-15-17-10-8-9-13-21(17)32(30,31)26-23(2,3)4/h5-13,20,26H,14-15H2,1-4H3,(H,24,29). The number of carbonyl (C=O) groups is 2. The molecule has 1 amide bonds. The van der Waals surface area contributed by atoms with Crippen LogP contribution in [-0.2, 0) is 26.2 Å². The van der Waals surface area contributed by atoms with Crippen LogP contribution in [0.2, 0.25) is 0 Å². The Bertz CT molecular complexity index is 1140. The fourth-order valence-corrected chi connectivity index (χ4v) is 5.09. The summed E-state index contributed by atoms with van der Waals surface area (Å²) in [4.78, 5) is 25.0. The molecular formula is C23H28N4O4S. The van der Waals surface area contributed by atoms with Gasteiger partial charge in [0.2, 0.25) is 10.0 Å². The second-order valence-corrected chi connectivity index (χ2v) is 10.4. The van der Waals surface area contributed by atoms with Crippen molar-refractivity contribution in [2.45, 2.75) is 57.1 Å².